The van der Waals surface area contributed by atoms with Gasteiger partial charge < -0.3 is 18.6 Å². The van der Waals surface area contributed by atoms with E-state index < -0.39 is 27.5 Å². The second-order valence-electron chi connectivity index (χ2n) is 5.63. The van der Waals surface area contributed by atoms with Gasteiger partial charge in [-0.25, -0.2) is 14.8 Å². The molecule has 0 bridgehead atoms. The van der Waals surface area contributed by atoms with Crippen molar-refractivity contribution in [1.82, 2.24) is 9.97 Å². The van der Waals surface area contributed by atoms with Crippen LogP contribution in [-0.2, 0) is 19.6 Å². The quantitative estimate of drug-likeness (QED) is 0.412. The summed E-state index contributed by atoms with van der Waals surface area (Å²) in [4.78, 5) is 21.2. The van der Waals surface area contributed by atoms with Crippen molar-refractivity contribution in [2.75, 3.05) is 38.3 Å². The summed E-state index contributed by atoms with van der Waals surface area (Å²) in [5.74, 6) is -1.65. The first-order valence-corrected chi connectivity index (χ1v) is 9.27. The Morgan fingerprint density at radius 3 is 2.46 bits per heavy atom. The van der Waals surface area contributed by atoms with Crippen LogP contribution in [0.15, 0.2) is 18.2 Å². The van der Waals surface area contributed by atoms with Crippen LogP contribution in [0, 0.1) is 0 Å². The summed E-state index contributed by atoms with van der Waals surface area (Å²) in [6.45, 7) is 0.985. The van der Waals surface area contributed by atoms with Crippen molar-refractivity contribution in [2.45, 2.75) is 5.51 Å². The number of carbonyl (C=O) groups excluding carboxylic acids is 1. The second-order valence-corrected chi connectivity index (χ2v) is 7.17. The molecule has 1 aliphatic rings. The molecule has 0 atom stereocenters. The largest absolute Gasteiger partial charge is 0.534 e. The smallest absolute Gasteiger partial charge is 0.465 e. The number of ether oxygens (including phenoxy) is 2. The van der Waals surface area contributed by atoms with Crippen LogP contribution in [0.25, 0.3) is 11.0 Å². The lowest BCUT2D eigenvalue weighted by Crippen LogP contribution is -2.38. The number of fused-ring (bicyclic) bond motifs is 1. The molecule has 0 amide bonds. The molecule has 0 saturated carbocycles. The second kappa shape index (κ2) is 7.39. The van der Waals surface area contributed by atoms with Crippen LogP contribution < -0.4 is 9.08 Å². The first kappa shape index (κ1) is 20.1. The number of hydrogen-bond acceptors (Lipinski definition) is 9. The highest BCUT2D eigenvalue weighted by Crippen LogP contribution is 2.33. The number of methoxy groups -OCH3 is 1. The maximum atomic E-state index is 12.7. The van der Waals surface area contributed by atoms with Crippen LogP contribution in [0.1, 0.15) is 10.4 Å². The summed E-state index contributed by atoms with van der Waals surface area (Å²) in [5, 5.41) is 0. The molecule has 28 heavy (non-hydrogen) atoms. The van der Waals surface area contributed by atoms with E-state index in [1.165, 1.54) is 30.2 Å². The van der Waals surface area contributed by atoms with Crippen LogP contribution in [0.4, 0.5) is 19.0 Å². The number of rotatable bonds is 4. The van der Waals surface area contributed by atoms with E-state index in [0.717, 1.165) is 0 Å². The standard InChI is InChI=1S/C15H14F3N3O6S/c1-25-14(22)9-2-3-10-11(8-9)19-12(21-4-6-26-7-5-21)13(20-10)27-28(23,24)15(16,17)18/h2-3,8H,4-7H2,1H3. The molecular weight excluding hydrogens is 407 g/mol. The molecule has 9 nitrogen and oxygen atoms in total. The molecule has 0 spiro atoms. The lowest BCUT2D eigenvalue weighted by atomic mass is 10.2. The molecule has 0 radical (unpaired) electrons. The van der Waals surface area contributed by atoms with Crippen LogP contribution >= 0.6 is 0 Å². The Labute approximate surface area is 157 Å². The number of aromatic nitrogens is 2. The zero-order valence-corrected chi connectivity index (χ0v) is 15.2. The van der Waals surface area contributed by atoms with Crippen LogP contribution in [0.5, 0.6) is 5.88 Å². The predicted molar refractivity (Wildman–Crippen MR) is 89.5 cm³/mol. The van der Waals surface area contributed by atoms with E-state index in [1.807, 2.05) is 0 Å². The molecule has 0 unspecified atom stereocenters. The van der Waals surface area contributed by atoms with Gasteiger partial charge >= 0.3 is 21.6 Å². The molecule has 0 aliphatic carbocycles. The Morgan fingerprint density at radius 1 is 1.18 bits per heavy atom. The lowest BCUT2D eigenvalue weighted by Gasteiger charge is -2.28. The van der Waals surface area contributed by atoms with Crippen molar-refractivity contribution in [3.8, 4) is 5.88 Å². The molecule has 1 saturated heterocycles. The van der Waals surface area contributed by atoms with E-state index in [-0.39, 0.29) is 48.7 Å². The minimum absolute atomic E-state index is 0.0389. The fourth-order valence-electron chi connectivity index (χ4n) is 2.46. The first-order chi connectivity index (χ1) is 13.1. The summed E-state index contributed by atoms with van der Waals surface area (Å²) in [5.41, 5.74) is -5.28. The van der Waals surface area contributed by atoms with Gasteiger partial charge in [0.2, 0.25) is 0 Å². The van der Waals surface area contributed by atoms with Crippen LogP contribution in [-0.4, -0.2) is 63.3 Å². The molecule has 1 aromatic heterocycles. The molecule has 152 valence electrons. The first-order valence-electron chi connectivity index (χ1n) is 7.86. The van der Waals surface area contributed by atoms with Crippen molar-refractivity contribution >= 4 is 32.9 Å². The Bertz CT molecular complexity index is 1010. The third kappa shape index (κ3) is 3.94. The third-order valence-electron chi connectivity index (χ3n) is 3.82. The van der Waals surface area contributed by atoms with Gasteiger partial charge in [-0.15, -0.1) is 0 Å². The van der Waals surface area contributed by atoms with Gasteiger partial charge in [-0.05, 0) is 18.2 Å². The average molecular weight is 421 g/mol. The molecule has 0 N–H and O–H groups in total. The molecule has 2 aromatic rings. The number of anilines is 1. The molecule has 1 aliphatic heterocycles. The monoisotopic (exact) mass is 421 g/mol. The van der Waals surface area contributed by atoms with E-state index in [2.05, 4.69) is 18.9 Å². The highest BCUT2D eigenvalue weighted by molar-refractivity contribution is 7.88. The molecule has 2 heterocycles. The fraction of sp³-hybridized carbons (Fsp3) is 0.400. The molecular formula is C15H14F3N3O6S. The van der Waals surface area contributed by atoms with Gasteiger partial charge in [-0.1, -0.05) is 0 Å². The minimum atomic E-state index is -5.94. The predicted octanol–water partition coefficient (Wildman–Crippen LogP) is 1.48. The Hall–Kier alpha value is -2.67. The molecule has 1 fully saturated rings. The van der Waals surface area contributed by atoms with Crippen molar-refractivity contribution < 1.29 is 40.0 Å². The molecule has 1 aromatic carbocycles. The number of morpholine rings is 1. The fourth-order valence-corrected chi connectivity index (χ4v) is 2.88. The van der Waals surface area contributed by atoms with E-state index in [1.54, 1.807) is 0 Å². The van der Waals surface area contributed by atoms with Gasteiger partial charge in [0.25, 0.3) is 5.88 Å². The van der Waals surface area contributed by atoms with Gasteiger partial charge in [-0.3, -0.25) is 0 Å². The van der Waals surface area contributed by atoms with Gasteiger partial charge in [0.1, 0.15) is 0 Å². The Morgan fingerprint density at radius 2 is 1.86 bits per heavy atom. The Kier molecular flexibility index (Phi) is 5.30. The normalized spacial score (nSPS) is 15.5. The van der Waals surface area contributed by atoms with Gasteiger partial charge in [0.05, 0.1) is 36.9 Å². The van der Waals surface area contributed by atoms with Gasteiger partial charge in [-0.2, -0.15) is 21.6 Å². The maximum absolute atomic E-state index is 12.7. The van der Waals surface area contributed by atoms with E-state index in [0.29, 0.717) is 0 Å². The molecule has 3 rings (SSSR count). The van der Waals surface area contributed by atoms with Crippen LogP contribution in [0.2, 0.25) is 0 Å². The minimum Gasteiger partial charge on any atom is -0.465 e. The van der Waals surface area contributed by atoms with Gasteiger partial charge in [0, 0.05) is 13.1 Å². The maximum Gasteiger partial charge on any atom is 0.534 e. The number of alkyl halides is 3. The zero-order valence-electron chi connectivity index (χ0n) is 14.4. The van der Waals surface area contributed by atoms with Crippen molar-refractivity contribution in [3.05, 3.63) is 23.8 Å². The number of carbonyl (C=O) groups is 1. The van der Waals surface area contributed by atoms with E-state index in [4.69, 9.17) is 4.74 Å². The average Bonchev–Trinajstić information content (AvgIpc) is 2.66. The number of nitrogens with zero attached hydrogens (tertiary/aromatic N) is 3. The number of esters is 1. The Balaban J connectivity index is 2.13. The van der Waals surface area contributed by atoms with Crippen LogP contribution in [0.3, 0.4) is 0 Å². The van der Waals surface area contributed by atoms with Gasteiger partial charge in [0.15, 0.2) is 5.82 Å². The van der Waals surface area contributed by atoms with Crippen molar-refractivity contribution in [1.29, 1.82) is 0 Å². The highest BCUT2D eigenvalue weighted by atomic mass is 32.2. The van der Waals surface area contributed by atoms with E-state index in [9.17, 15) is 26.4 Å². The number of hydrogen-bond donors (Lipinski definition) is 0. The zero-order chi connectivity index (χ0) is 20.5. The number of benzene rings is 1. The summed E-state index contributed by atoms with van der Waals surface area (Å²) in [7, 11) is -4.75. The lowest BCUT2D eigenvalue weighted by molar-refractivity contribution is -0.0501. The third-order valence-corrected chi connectivity index (χ3v) is 4.76. The molecule has 13 heteroatoms. The topological polar surface area (TPSA) is 108 Å². The summed E-state index contributed by atoms with van der Waals surface area (Å²) in [6, 6.07) is 3.95. The summed E-state index contributed by atoms with van der Waals surface area (Å²) in [6.07, 6.45) is 0. The highest BCUT2D eigenvalue weighted by Gasteiger charge is 2.49. The summed E-state index contributed by atoms with van der Waals surface area (Å²) >= 11 is 0. The summed E-state index contributed by atoms with van der Waals surface area (Å²) < 4.78 is 75.2. The van der Waals surface area contributed by atoms with Crippen molar-refractivity contribution in [2.24, 2.45) is 0 Å². The van der Waals surface area contributed by atoms with Crippen molar-refractivity contribution in [3.63, 3.8) is 0 Å². The number of halogens is 3. The SMILES string of the molecule is COC(=O)c1ccc2nc(OS(=O)(=O)C(F)(F)F)c(N3CCOCC3)nc2c1. The van der Waals surface area contributed by atoms with E-state index >= 15 is 0 Å².